The lowest BCUT2D eigenvalue weighted by atomic mass is 9.77. The minimum atomic E-state index is -0.312. The first kappa shape index (κ1) is 32.8. The van der Waals surface area contributed by atoms with Gasteiger partial charge in [0.05, 0.1) is 0 Å². The average Bonchev–Trinajstić information content (AvgIpc) is 3.09. The van der Waals surface area contributed by atoms with Gasteiger partial charge in [-0.15, -0.1) is 0 Å². The molecule has 48 heavy (non-hydrogen) atoms. The fourth-order valence-electron chi connectivity index (χ4n) is 8.23. The van der Waals surface area contributed by atoms with Crippen molar-refractivity contribution in [3.63, 3.8) is 0 Å². The number of carbonyl (C=O) groups is 4. The smallest absolute Gasteiger partial charge is 0.261 e. The molecule has 0 aliphatic carbocycles. The molecule has 8 heteroatoms. The van der Waals surface area contributed by atoms with Crippen molar-refractivity contribution in [1.82, 2.24) is 9.80 Å². The maximum absolute atomic E-state index is 14.1. The van der Waals surface area contributed by atoms with Gasteiger partial charge in [0, 0.05) is 61.4 Å². The van der Waals surface area contributed by atoms with Crippen molar-refractivity contribution >= 4 is 96.0 Å². The van der Waals surface area contributed by atoms with Crippen molar-refractivity contribution in [2.75, 3.05) is 13.1 Å². The molecule has 0 N–H and O–H groups in total. The summed E-state index contributed by atoms with van der Waals surface area (Å²) >= 11 is 3.81. The monoisotopic (exact) mass is 702 g/mol. The maximum Gasteiger partial charge on any atom is 0.261 e. The molecule has 0 saturated heterocycles. The zero-order valence-corrected chi connectivity index (χ0v) is 29.8. The van der Waals surface area contributed by atoms with Gasteiger partial charge in [0.2, 0.25) is 0 Å². The van der Waals surface area contributed by atoms with Gasteiger partial charge >= 0.3 is 0 Å². The highest BCUT2D eigenvalue weighted by Crippen LogP contribution is 2.48. The number of hydrogen-bond donors (Lipinski definition) is 0. The van der Waals surface area contributed by atoms with Crippen LogP contribution in [-0.2, 0) is 0 Å². The summed E-state index contributed by atoms with van der Waals surface area (Å²) in [6.07, 6.45) is 7.96. The molecular weight excluding hydrogens is 663 g/mol. The molecule has 0 spiro atoms. The molecule has 2 unspecified atom stereocenters. The summed E-state index contributed by atoms with van der Waals surface area (Å²) in [6.45, 7) is 9.30. The first-order valence-corrected chi connectivity index (χ1v) is 18.4. The van der Waals surface area contributed by atoms with E-state index >= 15 is 0 Å². The van der Waals surface area contributed by atoms with E-state index in [2.05, 4.69) is 43.6 Å². The normalized spacial score (nSPS) is 16.0. The molecular formula is C40H40BBrN2O4. The van der Waals surface area contributed by atoms with Gasteiger partial charge < -0.3 is 0 Å². The lowest BCUT2D eigenvalue weighted by molar-refractivity contribution is 0.0565. The molecule has 244 valence electrons. The molecule has 5 aromatic rings. The summed E-state index contributed by atoms with van der Waals surface area (Å²) in [5.41, 5.74) is 2.35. The van der Waals surface area contributed by atoms with Crippen molar-refractivity contribution in [2.24, 2.45) is 11.8 Å². The number of halogens is 1. The van der Waals surface area contributed by atoms with Crippen LogP contribution in [0.5, 0.6) is 0 Å². The quantitative estimate of drug-likeness (QED) is 0.0563. The van der Waals surface area contributed by atoms with Gasteiger partial charge in [-0.05, 0) is 64.4 Å². The molecule has 4 amide bonds. The standard InChI is InChI=1S/C40H40BBrN2O4/c1-5-9-11-21(7-3)19-43-37(45)25-16-14-24-34-30(42)18-28-32-26(38(46)44(40(28)48)20-22(8-4)12-10-6-2)15-13-23(36(32)34)33-29(41)17-27(39(43)47)31(25)35(24)33/h13-18,21-22H,5-12,19-20H2,1-4H3. The van der Waals surface area contributed by atoms with E-state index in [9.17, 15) is 19.2 Å². The number of hydrogen-bond acceptors (Lipinski definition) is 4. The van der Waals surface area contributed by atoms with E-state index in [0.29, 0.717) is 56.1 Å². The lowest BCUT2D eigenvalue weighted by Gasteiger charge is -2.33. The lowest BCUT2D eigenvalue weighted by Crippen LogP contribution is -2.43. The first-order chi connectivity index (χ1) is 23.2. The van der Waals surface area contributed by atoms with Crippen LogP contribution >= 0.6 is 15.9 Å². The number of rotatable bonds is 12. The Balaban J connectivity index is 1.44. The predicted octanol–water partition coefficient (Wildman–Crippen LogP) is 8.92. The van der Waals surface area contributed by atoms with Crippen molar-refractivity contribution in [3.05, 3.63) is 63.1 Å². The van der Waals surface area contributed by atoms with Gasteiger partial charge in [-0.3, -0.25) is 29.0 Å². The number of imide groups is 2. The van der Waals surface area contributed by atoms with Crippen LogP contribution in [0.4, 0.5) is 0 Å². The third-order valence-electron chi connectivity index (χ3n) is 11.0. The molecule has 2 atom stereocenters. The van der Waals surface area contributed by atoms with Crippen LogP contribution in [0.2, 0.25) is 0 Å². The zero-order valence-electron chi connectivity index (χ0n) is 28.2. The van der Waals surface area contributed by atoms with Crippen LogP contribution in [-0.4, -0.2) is 54.4 Å². The van der Waals surface area contributed by atoms with Crippen LogP contribution in [0.15, 0.2) is 40.9 Å². The molecule has 2 heterocycles. The van der Waals surface area contributed by atoms with Crippen LogP contribution in [0.25, 0.3) is 43.1 Å². The molecule has 0 fully saturated rings. The number of carbonyl (C=O) groups excluding carboxylic acids is 4. The predicted molar refractivity (Wildman–Crippen MR) is 198 cm³/mol. The average molecular weight is 703 g/mol. The molecule has 2 aliphatic heterocycles. The molecule has 5 aromatic carbocycles. The highest BCUT2D eigenvalue weighted by molar-refractivity contribution is 9.10. The molecule has 2 radical (unpaired) electrons. The third kappa shape index (κ3) is 4.80. The van der Waals surface area contributed by atoms with Crippen molar-refractivity contribution in [2.45, 2.75) is 79.1 Å². The number of fused-ring (bicyclic) bond motifs is 2. The Morgan fingerprint density at radius 2 is 1.02 bits per heavy atom. The Morgan fingerprint density at radius 1 is 0.583 bits per heavy atom. The summed E-state index contributed by atoms with van der Waals surface area (Å²) in [5.74, 6) is -0.664. The van der Waals surface area contributed by atoms with E-state index in [1.54, 1.807) is 6.07 Å². The summed E-state index contributed by atoms with van der Waals surface area (Å²) in [5, 5.41) is 5.96. The van der Waals surface area contributed by atoms with Crippen molar-refractivity contribution in [1.29, 1.82) is 0 Å². The summed E-state index contributed by atoms with van der Waals surface area (Å²) in [7, 11) is 6.86. The minimum absolute atomic E-state index is 0.234. The number of unbranched alkanes of at least 4 members (excludes halogenated alkanes) is 2. The minimum Gasteiger partial charge on any atom is -0.274 e. The highest BCUT2D eigenvalue weighted by Gasteiger charge is 2.38. The van der Waals surface area contributed by atoms with E-state index in [1.165, 1.54) is 9.80 Å². The van der Waals surface area contributed by atoms with Crippen molar-refractivity contribution < 1.29 is 19.2 Å². The molecule has 0 saturated carbocycles. The maximum atomic E-state index is 14.1. The van der Waals surface area contributed by atoms with Crippen LogP contribution in [0.1, 0.15) is 120 Å². The van der Waals surface area contributed by atoms with Crippen molar-refractivity contribution in [3.8, 4) is 0 Å². The van der Waals surface area contributed by atoms with Crippen LogP contribution in [0.3, 0.4) is 0 Å². The largest absolute Gasteiger partial charge is 0.274 e. The number of nitrogens with zero attached hydrogens (tertiary/aromatic N) is 2. The van der Waals surface area contributed by atoms with E-state index in [1.807, 2.05) is 30.3 Å². The Labute approximate surface area is 291 Å². The number of benzene rings is 5. The summed E-state index contributed by atoms with van der Waals surface area (Å²) < 4.78 is 0.714. The molecule has 6 nitrogen and oxygen atoms in total. The van der Waals surface area contributed by atoms with E-state index in [0.717, 1.165) is 83.7 Å². The van der Waals surface area contributed by atoms with Gasteiger partial charge in [-0.2, -0.15) is 0 Å². The molecule has 2 aliphatic rings. The third-order valence-corrected chi connectivity index (χ3v) is 11.6. The Bertz CT molecular complexity index is 2020. The van der Waals surface area contributed by atoms with Crippen LogP contribution in [0, 0.1) is 11.8 Å². The second-order valence-electron chi connectivity index (χ2n) is 13.8. The van der Waals surface area contributed by atoms with Gasteiger partial charge in [0.15, 0.2) is 0 Å². The fraction of sp³-hybridized carbons (Fsp3) is 0.400. The fourth-order valence-corrected chi connectivity index (χ4v) is 8.87. The molecule has 0 bridgehead atoms. The SMILES string of the molecule is [B]c1cc2c3c(ccc4c5c(Br)cc6c7c(ccc(c1c34)c75)C(=O)N(CC(CC)CCCC)C6=O)C(=O)N(CC(CC)CCCC)C2=O. The van der Waals surface area contributed by atoms with Gasteiger partial charge in [0.25, 0.3) is 23.6 Å². The zero-order chi connectivity index (χ0) is 34.0. The Morgan fingerprint density at radius 3 is 1.50 bits per heavy atom. The van der Waals surface area contributed by atoms with Gasteiger partial charge in [-0.25, -0.2) is 0 Å². The highest BCUT2D eigenvalue weighted by atomic mass is 79.9. The number of amides is 4. The van der Waals surface area contributed by atoms with Crippen LogP contribution < -0.4 is 5.46 Å². The Kier molecular flexibility index (Phi) is 8.59. The van der Waals surface area contributed by atoms with E-state index < -0.39 is 0 Å². The first-order valence-electron chi connectivity index (χ1n) is 17.6. The topological polar surface area (TPSA) is 74.8 Å². The van der Waals surface area contributed by atoms with Gasteiger partial charge in [-0.1, -0.05) is 106 Å². The Hall–Kier alpha value is -3.78. The molecule has 7 rings (SSSR count). The molecule has 0 aromatic heterocycles. The van der Waals surface area contributed by atoms with E-state index in [-0.39, 0.29) is 35.5 Å². The second-order valence-corrected chi connectivity index (χ2v) is 14.6. The van der Waals surface area contributed by atoms with Gasteiger partial charge in [0.1, 0.15) is 7.85 Å². The summed E-state index contributed by atoms with van der Waals surface area (Å²) in [6, 6.07) is 11.0. The summed E-state index contributed by atoms with van der Waals surface area (Å²) in [4.78, 5) is 59.1. The van der Waals surface area contributed by atoms with E-state index in [4.69, 9.17) is 7.85 Å². The second kappa shape index (κ2) is 12.6.